The van der Waals surface area contributed by atoms with Crippen molar-refractivity contribution in [2.45, 2.75) is 0 Å². The molecule has 0 unspecified atom stereocenters. The Morgan fingerprint density at radius 3 is 2.36 bits per heavy atom. The molecule has 0 atom stereocenters. The van der Waals surface area contributed by atoms with Gasteiger partial charge in [-0.1, -0.05) is 0 Å². The second-order valence-electron chi connectivity index (χ2n) is 3.42. The Kier molecular flexibility index (Phi) is 3.70. The average Bonchev–Trinajstić information content (AvgIpc) is 2.15. The predicted octanol–water partition coefficient (Wildman–Crippen LogP) is -1.57. The quantitative estimate of drug-likeness (QED) is 0.565. The van der Waals surface area contributed by atoms with E-state index >= 15 is 0 Å². The third-order valence-corrected chi connectivity index (χ3v) is 2.20. The molecule has 1 rings (SSSR count). The molecule has 1 aliphatic heterocycles. The zero-order chi connectivity index (χ0) is 10.6. The fraction of sp³-hybridized carbons (Fsp3) is 0.750. The molecular formula is C8H16N4O2. The Labute approximate surface area is 83.0 Å². The summed E-state index contributed by atoms with van der Waals surface area (Å²) in [6, 6.07) is -0.211. The number of hydrogen-bond acceptors (Lipinski definition) is 3. The smallest absolute Gasteiger partial charge is 0.317 e. The second kappa shape index (κ2) is 4.80. The van der Waals surface area contributed by atoms with E-state index in [1.54, 1.807) is 4.90 Å². The van der Waals surface area contributed by atoms with Gasteiger partial charge < -0.3 is 20.9 Å². The van der Waals surface area contributed by atoms with E-state index in [1.165, 1.54) is 0 Å². The van der Waals surface area contributed by atoms with Gasteiger partial charge in [-0.2, -0.15) is 0 Å². The molecule has 0 aromatic heterocycles. The zero-order valence-electron chi connectivity index (χ0n) is 8.32. The van der Waals surface area contributed by atoms with Gasteiger partial charge in [-0.15, -0.1) is 0 Å². The summed E-state index contributed by atoms with van der Waals surface area (Å²) in [6.07, 6.45) is 0. The van der Waals surface area contributed by atoms with Gasteiger partial charge in [0.05, 0.1) is 6.54 Å². The van der Waals surface area contributed by atoms with E-state index in [9.17, 15) is 9.59 Å². The first kappa shape index (κ1) is 10.8. The maximum absolute atomic E-state index is 11.4. The summed E-state index contributed by atoms with van der Waals surface area (Å²) in [7, 11) is 2.01. The van der Waals surface area contributed by atoms with Crippen molar-refractivity contribution < 1.29 is 9.59 Å². The van der Waals surface area contributed by atoms with Gasteiger partial charge in [-0.05, 0) is 7.05 Å². The molecule has 3 amide bonds. The molecule has 14 heavy (non-hydrogen) atoms. The number of hydrogen-bond donors (Lipinski definition) is 2. The number of likely N-dealkylation sites (N-methyl/N-ethyl adjacent to an activating group) is 1. The van der Waals surface area contributed by atoms with Crippen LogP contribution in [0, 0.1) is 0 Å². The predicted molar refractivity (Wildman–Crippen MR) is 51.7 cm³/mol. The first-order valence-corrected chi connectivity index (χ1v) is 4.59. The Morgan fingerprint density at radius 2 is 1.86 bits per heavy atom. The molecule has 0 saturated carbocycles. The summed E-state index contributed by atoms with van der Waals surface area (Å²) in [6.45, 7) is 3.03. The molecule has 0 aromatic carbocycles. The van der Waals surface area contributed by atoms with E-state index in [-0.39, 0.29) is 12.6 Å². The number of primary amides is 1. The fourth-order valence-electron chi connectivity index (χ4n) is 1.28. The van der Waals surface area contributed by atoms with Gasteiger partial charge in [0, 0.05) is 26.2 Å². The van der Waals surface area contributed by atoms with Crippen molar-refractivity contribution in [1.82, 2.24) is 15.1 Å². The van der Waals surface area contributed by atoms with Crippen LogP contribution >= 0.6 is 0 Å². The van der Waals surface area contributed by atoms with Gasteiger partial charge in [0.25, 0.3) is 0 Å². The summed E-state index contributed by atoms with van der Waals surface area (Å²) < 4.78 is 0. The molecule has 1 aliphatic rings. The molecule has 0 spiro atoms. The number of urea groups is 1. The Morgan fingerprint density at radius 1 is 1.29 bits per heavy atom. The maximum Gasteiger partial charge on any atom is 0.317 e. The molecule has 1 fully saturated rings. The molecule has 80 valence electrons. The van der Waals surface area contributed by atoms with Crippen molar-refractivity contribution in [3.05, 3.63) is 0 Å². The topological polar surface area (TPSA) is 78.7 Å². The van der Waals surface area contributed by atoms with Crippen LogP contribution in [-0.2, 0) is 4.79 Å². The lowest BCUT2D eigenvalue weighted by Crippen LogP contribution is -2.51. The highest BCUT2D eigenvalue weighted by Gasteiger charge is 2.18. The number of rotatable bonds is 2. The molecule has 6 nitrogen and oxygen atoms in total. The van der Waals surface area contributed by atoms with Crippen LogP contribution in [0.25, 0.3) is 0 Å². The van der Waals surface area contributed by atoms with Crippen molar-refractivity contribution in [3.63, 3.8) is 0 Å². The minimum atomic E-state index is -0.521. The van der Waals surface area contributed by atoms with Crippen LogP contribution in [0.15, 0.2) is 0 Å². The number of nitrogens with one attached hydrogen (secondary N) is 1. The van der Waals surface area contributed by atoms with Crippen LogP contribution < -0.4 is 11.1 Å². The molecule has 1 saturated heterocycles. The van der Waals surface area contributed by atoms with Crippen molar-refractivity contribution in [3.8, 4) is 0 Å². The molecule has 0 aromatic rings. The molecule has 3 N–H and O–H groups in total. The lowest BCUT2D eigenvalue weighted by Gasteiger charge is -2.32. The molecule has 0 bridgehead atoms. The molecule has 1 heterocycles. The van der Waals surface area contributed by atoms with Gasteiger partial charge in [0.2, 0.25) is 5.91 Å². The Bertz CT molecular complexity index is 223. The van der Waals surface area contributed by atoms with E-state index in [0.29, 0.717) is 13.1 Å². The lowest BCUT2D eigenvalue weighted by molar-refractivity contribution is -0.117. The number of carbonyl (C=O) groups excluding carboxylic acids is 2. The van der Waals surface area contributed by atoms with Crippen LogP contribution in [0.4, 0.5) is 4.79 Å². The second-order valence-corrected chi connectivity index (χ2v) is 3.42. The van der Waals surface area contributed by atoms with Crippen LogP contribution in [0.2, 0.25) is 0 Å². The van der Waals surface area contributed by atoms with Crippen molar-refractivity contribution in [2.75, 3.05) is 39.8 Å². The van der Waals surface area contributed by atoms with E-state index in [0.717, 1.165) is 13.1 Å². The number of amides is 3. The molecule has 0 radical (unpaired) electrons. The van der Waals surface area contributed by atoms with Crippen LogP contribution in [0.1, 0.15) is 0 Å². The highest BCUT2D eigenvalue weighted by Crippen LogP contribution is 1.98. The molecule has 0 aliphatic carbocycles. The average molecular weight is 200 g/mol. The van der Waals surface area contributed by atoms with E-state index < -0.39 is 5.91 Å². The van der Waals surface area contributed by atoms with E-state index in [4.69, 9.17) is 5.73 Å². The standard InChI is InChI=1S/C8H16N4O2/c1-11-2-4-12(5-3-11)8(14)10-6-7(9)13/h2-6H2,1H3,(H2,9,13)(H,10,14). The van der Waals surface area contributed by atoms with Crippen molar-refractivity contribution in [2.24, 2.45) is 5.73 Å². The van der Waals surface area contributed by atoms with Gasteiger partial charge in [-0.3, -0.25) is 4.79 Å². The van der Waals surface area contributed by atoms with Gasteiger partial charge in [-0.25, -0.2) is 4.79 Å². The normalized spacial score (nSPS) is 17.9. The lowest BCUT2D eigenvalue weighted by atomic mass is 10.3. The Hall–Kier alpha value is -1.30. The van der Waals surface area contributed by atoms with Crippen LogP contribution in [0.5, 0.6) is 0 Å². The molecule has 6 heteroatoms. The monoisotopic (exact) mass is 200 g/mol. The van der Waals surface area contributed by atoms with E-state index in [2.05, 4.69) is 10.2 Å². The first-order valence-electron chi connectivity index (χ1n) is 4.59. The minimum absolute atomic E-state index is 0.0921. The number of carbonyl (C=O) groups is 2. The van der Waals surface area contributed by atoms with Gasteiger partial charge in [0.15, 0.2) is 0 Å². The highest BCUT2D eigenvalue weighted by atomic mass is 16.2. The Balaban J connectivity index is 2.27. The van der Waals surface area contributed by atoms with Crippen molar-refractivity contribution in [1.29, 1.82) is 0 Å². The summed E-state index contributed by atoms with van der Waals surface area (Å²) in [4.78, 5) is 25.7. The van der Waals surface area contributed by atoms with Crippen LogP contribution in [-0.4, -0.2) is 61.5 Å². The molecular weight excluding hydrogens is 184 g/mol. The zero-order valence-corrected chi connectivity index (χ0v) is 8.32. The minimum Gasteiger partial charge on any atom is -0.368 e. The maximum atomic E-state index is 11.4. The summed E-state index contributed by atoms with van der Waals surface area (Å²) in [5.74, 6) is -0.521. The van der Waals surface area contributed by atoms with Crippen molar-refractivity contribution >= 4 is 11.9 Å². The third-order valence-electron chi connectivity index (χ3n) is 2.20. The highest BCUT2D eigenvalue weighted by molar-refractivity contribution is 5.82. The summed E-state index contributed by atoms with van der Waals surface area (Å²) in [5.41, 5.74) is 4.91. The fourth-order valence-corrected chi connectivity index (χ4v) is 1.28. The number of nitrogens with two attached hydrogens (primary N) is 1. The first-order chi connectivity index (χ1) is 6.59. The number of nitrogens with zero attached hydrogens (tertiary/aromatic N) is 2. The summed E-state index contributed by atoms with van der Waals surface area (Å²) in [5, 5.41) is 2.46. The van der Waals surface area contributed by atoms with Gasteiger partial charge in [0.1, 0.15) is 0 Å². The largest absolute Gasteiger partial charge is 0.368 e. The SMILES string of the molecule is CN1CCN(C(=O)NCC(N)=O)CC1. The summed E-state index contributed by atoms with van der Waals surface area (Å²) >= 11 is 0. The number of piperazine rings is 1. The van der Waals surface area contributed by atoms with E-state index in [1.807, 2.05) is 7.05 Å². The van der Waals surface area contributed by atoms with Gasteiger partial charge >= 0.3 is 6.03 Å². The third kappa shape index (κ3) is 3.21. The van der Waals surface area contributed by atoms with Crippen LogP contribution in [0.3, 0.4) is 0 Å².